The summed E-state index contributed by atoms with van der Waals surface area (Å²) in [4.78, 5) is 15.8. The van der Waals surface area contributed by atoms with E-state index in [1.165, 1.54) is 0 Å². The standard InChI is InChI=1S/C20H17NO7/c1-23-8-24-7-12-5-16-17(27-9-26-16)6-13(12)14-4-11-2-3-15-19(28-10-25-15)18(11)20(22)21-14/h2-6H,7-10H2,1H3,(H,21,22). The van der Waals surface area contributed by atoms with E-state index in [1.807, 2.05) is 24.3 Å². The van der Waals surface area contributed by atoms with Crippen LogP contribution >= 0.6 is 0 Å². The zero-order chi connectivity index (χ0) is 19.1. The number of hydrogen-bond acceptors (Lipinski definition) is 7. The minimum absolute atomic E-state index is 0.110. The van der Waals surface area contributed by atoms with Crippen molar-refractivity contribution in [3.63, 3.8) is 0 Å². The molecule has 2 aliphatic rings. The highest BCUT2D eigenvalue weighted by molar-refractivity contribution is 5.92. The molecule has 5 rings (SSSR count). The third-order valence-corrected chi connectivity index (χ3v) is 4.69. The van der Waals surface area contributed by atoms with Crippen LogP contribution in [0.25, 0.3) is 22.0 Å². The number of nitrogens with one attached hydrogen (secondary N) is 1. The molecule has 1 aromatic heterocycles. The summed E-state index contributed by atoms with van der Waals surface area (Å²) in [7, 11) is 1.56. The lowest BCUT2D eigenvalue weighted by Gasteiger charge is -2.13. The van der Waals surface area contributed by atoms with E-state index in [1.54, 1.807) is 13.2 Å². The Morgan fingerprint density at radius 2 is 1.79 bits per heavy atom. The van der Waals surface area contributed by atoms with Crippen LogP contribution in [-0.4, -0.2) is 32.5 Å². The van der Waals surface area contributed by atoms with Gasteiger partial charge in [-0.3, -0.25) is 4.79 Å². The minimum atomic E-state index is -0.253. The van der Waals surface area contributed by atoms with Gasteiger partial charge in [-0.1, -0.05) is 6.07 Å². The van der Waals surface area contributed by atoms with Gasteiger partial charge < -0.3 is 33.4 Å². The summed E-state index contributed by atoms with van der Waals surface area (Å²) in [6, 6.07) is 9.25. The van der Waals surface area contributed by atoms with Gasteiger partial charge >= 0.3 is 0 Å². The van der Waals surface area contributed by atoms with Crippen molar-refractivity contribution in [3.8, 4) is 34.3 Å². The molecular formula is C20H17NO7. The number of H-pyrrole nitrogens is 1. The second-order valence-corrected chi connectivity index (χ2v) is 6.39. The molecule has 0 radical (unpaired) electrons. The fraction of sp³-hybridized carbons (Fsp3) is 0.250. The van der Waals surface area contributed by atoms with Crippen LogP contribution in [0.3, 0.4) is 0 Å². The van der Waals surface area contributed by atoms with Crippen LogP contribution in [0, 0.1) is 0 Å². The first-order valence-corrected chi connectivity index (χ1v) is 8.70. The Hall–Kier alpha value is -3.23. The van der Waals surface area contributed by atoms with Crippen molar-refractivity contribution < 1.29 is 28.4 Å². The molecule has 0 atom stereocenters. The van der Waals surface area contributed by atoms with E-state index < -0.39 is 0 Å². The number of aromatic nitrogens is 1. The highest BCUT2D eigenvalue weighted by Crippen LogP contribution is 2.41. The molecule has 28 heavy (non-hydrogen) atoms. The predicted octanol–water partition coefficient (Wildman–Crippen LogP) is 2.77. The monoisotopic (exact) mass is 383 g/mol. The van der Waals surface area contributed by atoms with E-state index in [-0.39, 0.29) is 25.9 Å². The molecule has 144 valence electrons. The molecule has 0 fully saturated rings. The van der Waals surface area contributed by atoms with Gasteiger partial charge in [0.25, 0.3) is 5.56 Å². The van der Waals surface area contributed by atoms with Crippen LogP contribution in [0.1, 0.15) is 5.56 Å². The van der Waals surface area contributed by atoms with Crippen molar-refractivity contribution >= 4 is 10.8 Å². The first kappa shape index (κ1) is 16.9. The van der Waals surface area contributed by atoms with Crippen molar-refractivity contribution in [2.45, 2.75) is 6.61 Å². The number of benzene rings is 2. The quantitative estimate of drug-likeness (QED) is 0.535. The summed E-state index contributed by atoms with van der Waals surface area (Å²) < 4.78 is 32.3. The molecule has 0 saturated carbocycles. The molecule has 8 heteroatoms. The van der Waals surface area contributed by atoms with E-state index in [0.717, 1.165) is 16.5 Å². The largest absolute Gasteiger partial charge is 0.454 e. The van der Waals surface area contributed by atoms with Gasteiger partial charge in [0.15, 0.2) is 23.0 Å². The highest BCUT2D eigenvalue weighted by atomic mass is 16.7. The number of fused-ring (bicyclic) bond motifs is 4. The van der Waals surface area contributed by atoms with Gasteiger partial charge in [-0.25, -0.2) is 0 Å². The fourth-order valence-corrected chi connectivity index (χ4v) is 3.45. The zero-order valence-corrected chi connectivity index (χ0v) is 15.1. The van der Waals surface area contributed by atoms with E-state index in [2.05, 4.69) is 4.98 Å². The van der Waals surface area contributed by atoms with Crippen LogP contribution in [-0.2, 0) is 16.1 Å². The lowest BCUT2D eigenvalue weighted by Crippen LogP contribution is -2.09. The van der Waals surface area contributed by atoms with Gasteiger partial charge in [0, 0.05) is 18.4 Å². The van der Waals surface area contributed by atoms with Crippen LogP contribution in [0.4, 0.5) is 0 Å². The Morgan fingerprint density at radius 3 is 2.64 bits per heavy atom. The van der Waals surface area contributed by atoms with Crippen LogP contribution in [0.2, 0.25) is 0 Å². The molecule has 0 bridgehead atoms. The van der Waals surface area contributed by atoms with Crippen molar-refractivity contribution in [2.75, 3.05) is 27.5 Å². The number of methoxy groups -OCH3 is 1. The molecule has 0 unspecified atom stereocenters. The molecule has 0 spiro atoms. The topological polar surface area (TPSA) is 88.2 Å². The van der Waals surface area contributed by atoms with E-state index in [4.69, 9.17) is 28.4 Å². The van der Waals surface area contributed by atoms with Gasteiger partial charge in [-0.2, -0.15) is 0 Å². The summed E-state index contributed by atoms with van der Waals surface area (Å²) in [6.07, 6.45) is 0. The molecule has 0 aliphatic carbocycles. The molecule has 8 nitrogen and oxygen atoms in total. The Kier molecular flexibility index (Phi) is 4.07. The Balaban J connectivity index is 1.65. The number of aromatic amines is 1. The Labute approximate surface area is 159 Å². The Bertz CT molecular complexity index is 1120. The second kappa shape index (κ2) is 6.74. The fourth-order valence-electron chi connectivity index (χ4n) is 3.45. The molecule has 2 aromatic carbocycles. The SMILES string of the molecule is COCOCc1cc2c(cc1-c1cc3ccc4c(c3c(=O)[nH]1)OCO4)OCO2. The van der Waals surface area contributed by atoms with Gasteiger partial charge in [0.05, 0.1) is 12.0 Å². The average molecular weight is 383 g/mol. The number of rotatable bonds is 5. The average Bonchev–Trinajstić information content (AvgIpc) is 3.35. The van der Waals surface area contributed by atoms with Gasteiger partial charge in [0.1, 0.15) is 6.79 Å². The molecule has 3 heterocycles. The molecule has 1 N–H and O–H groups in total. The van der Waals surface area contributed by atoms with Crippen molar-refractivity contribution in [1.82, 2.24) is 4.98 Å². The molecule has 0 amide bonds. The number of ether oxygens (including phenoxy) is 6. The van der Waals surface area contributed by atoms with Gasteiger partial charge in [-0.05, 0) is 35.2 Å². The normalized spacial score (nSPS) is 14.0. The van der Waals surface area contributed by atoms with E-state index >= 15 is 0 Å². The van der Waals surface area contributed by atoms with Crippen molar-refractivity contribution in [1.29, 1.82) is 0 Å². The van der Waals surface area contributed by atoms with Crippen LogP contribution in [0.5, 0.6) is 23.0 Å². The smallest absolute Gasteiger partial charge is 0.260 e. The van der Waals surface area contributed by atoms with Gasteiger partial charge in [0.2, 0.25) is 13.6 Å². The highest BCUT2D eigenvalue weighted by Gasteiger charge is 2.22. The maximum absolute atomic E-state index is 12.8. The summed E-state index contributed by atoms with van der Waals surface area (Å²) in [5, 5.41) is 1.22. The molecule has 0 saturated heterocycles. The van der Waals surface area contributed by atoms with Crippen LogP contribution < -0.4 is 24.5 Å². The van der Waals surface area contributed by atoms with E-state index in [9.17, 15) is 4.79 Å². The first-order valence-electron chi connectivity index (χ1n) is 8.70. The third-order valence-electron chi connectivity index (χ3n) is 4.69. The molecular weight excluding hydrogens is 366 g/mol. The van der Waals surface area contributed by atoms with Gasteiger partial charge in [-0.15, -0.1) is 0 Å². The summed E-state index contributed by atoms with van der Waals surface area (Å²) >= 11 is 0. The number of pyridine rings is 1. The number of hydrogen-bond donors (Lipinski definition) is 1. The zero-order valence-electron chi connectivity index (χ0n) is 15.1. The second-order valence-electron chi connectivity index (χ2n) is 6.39. The minimum Gasteiger partial charge on any atom is -0.454 e. The van der Waals surface area contributed by atoms with E-state index in [0.29, 0.717) is 40.7 Å². The summed E-state index contributed by atoms with van der Waals surface area (Å²) in [6.45, 7) is 0.722. The lowest BCUT2D eigenvalue weighted by molar-refractivity contribution is -0.0389. The molecule has 3 aromatic rings. The van der Waals surface area contributed by atoms with Crippen molar-refractivity contribution in [3.05, 3.63) is 46.2 Å². The maximum Gasteiger partial charge on any atom is 0.260 e. The molecule has 2 aliphatic heterocycles. The Morgan fingerprint density at radius 1 is 1.00 bits per heavy atom. The maximum atomic E-state index is 12.8. The lowest BCUT2D eigenvalue weighted by atomic mass is 10.0. The summed E-state index contributed by atoms with van der Waals surface area (Å²) in [5.74, 6) is 2.31. The third kappa shape index (κ3) is 2.74. The first-order chi connectivity index (χ1) is 13.7. The summed E-state index contributed by atoms with van der Waals surface area (Å²) in [5.41, 5.74) is 2.02. The predicted molar refractivity (Wildman–Crippen MR) is 98.9 cm³/mol. The van der Waals surface area contributed by atoms with Crippen LogP contribution in [0.15, 0.2) is 35.1 Å². The van der Waals surface area contributed by atoms with Crippen molar-refractivity contribution in [2.24, 2.45) is 0 Å².